The van der Waals surface area contributed by atoms with Gasteiger partial charge in [0.25, 0.3) is 5.69 Å². The van der Waals surface area contributed by atoms with Crippen molar-refractivity contribution in [2.75, 3.05) is 19.8 Å². The Bertz CT molecular complexity index is 561. The second-order valence-corrected chi connectivity index (χ2v) is 4.74. The van der Waals surface area contributed by atoms with E-state index in [0.29, 0.717) is 12.7 Å². The minimum atomic E-state index is -4.85. The number of nitrogens with zero attached hydrogens (tertiary/aromatic N) is 1. The van der Waals surface area contributed by atoms with E-state index in [2.05, 4.69) is 0 Å². The maximum Gasteiger partial charge on any atom is 1.00 e. The molecule has 8 nitrogen and oxygen atoms in total. The molecule has 0 spiro atoms. The molecule has 0 N–H and O–H groups in total. The molecule has 0 amide bonds. The topological polar surface area (TPSA) is 119 Å². The summed E-state index contributed by atoms with van der Waals surface area (Å²) in [5, 5.41) is 10.5. The number of ether oxygens (including phenoxy) is 2. The maximum absolute atomic E-state index is 11.0. The molecule has 0 unspecified atom stereocenters. The van der Waals surface area contributed by atoms with Crippen molar-refractivity contribution in [2.45, 2.75) is 11.8 Å². The summed E-state index contributed by atoms with van der Waals surface area (Å²) in [5.41, 5.74) is -0.494. The van der Waals surface area contributed by atoms with Crippen LogP contribution in [0.3, 0.4) is 0 Å². The molecule has 106 valence electrons. The van der Waals surface area contributed by atoms with E-state index in [9.17, 15) is 23.1 Å². The van der Waals surface area contributed by atoms with Gasteiger partial charge >= 0.3 is 29.6 Å². The number of non-ortho nitro benzene ring substituents is 1. The molecule has 0 aliphatic rings. The van der Waals surface area contributed by atoms with E-state index in [0.717, 1.165) is 12.1 Å². The van der Waals surface area contributed by atoms with Crippen molar-refractivity contribution in [3.63, 3.8) is 0 Å². The van der Waals surface area contributed by atoms with Gasteiger partial charge in [-0.2, -0.15) is 0 Å². The molecule has 1 aromatic rings. The summed E-state index contributed by atoms with van der Waals surface area (Å²) in [5.74, 6) is -0.222. The van der Waals surface area contributed by atoms with Crippen LogP contribution < -0.4 is 34.3 Å². The minimum Gasteiger partial charge on any atom is -0.744 e. The predicted molar refractivity (Wildman–Crippen MR) is 63.0 cm³/mol. The Balaban J connectivity index is 0.00000361. The summed E-state index contributed by atoms with van der Waals surface area (Å²) in [6, 6.07) is 2.82. The predicted octanol–water partition coefficient (Wildman–Crippen LogP) is -2.08. The van der Waals surface area contributed by atoms with Crippen molar-refractivity contribution in [1.29, 1.82) is 0 Å². The van der Waals surface area contributed by atoms with E-state index in [1.165, 1.54) is 0 Å². The molecule has 1 rings (SSSR count). The Morgan fingerprint density at radius 2 is 1.95 bits per heavy atom. The average molecular weight is 313 g/mol. The molecule has 0 aliphatic carbocycles. The van der Waals surface area contributed by atoms with Gasteiger partial charge in [0.15, 0.2) is 0 Å². The number of hydrogen-bond acceptors (Lipinski definition) is 7. The van der Waals surface area contributed by atoms with Crippen molar-refractivity contribution in [3.05, 3.63) is 28.3 Å². The van der Waals surface area contributed by atoms with Crippen LogP contribution in [0.5, 0.6) is 5.75 Å². The summed E-state index contributed by atoms with van der Waals surface area (Å²) in [6.07, 6.45) is 0. The summed E-state index contributed by atoms with van der Waals surface area (Å²) >= 11 is 0. The maximum atomic E-state index is 11.0. The van der Waals surface area contributed by atoms with E-state index >= 15 is 0 Å². The fourth-order valence-corrected chi connectivity index (χ4v) is 1.92. The summed E-state index contributed by atoms with van der Waals surface area (Å²) < 4.78 is 43.1. The van der Waals surface area contributed by atoms with Crippen molar-refractivity contribution in [2.24, 2.45) is 0 Å². The van der Waals surface area contributed by atoms with E-state index < -0.39 is 25.6 Å². The van der Waals surface area contributed by atoms with Gasteiger partial charge in [0.2, 0.25) is 0 Å². The minimum absolute atomic E-state index is 0. The Hall–Kier alpha value is -0.710. The zero-order valence-corrected chi connectivity index (χ0v) is 13.9. The summed E-state index contributed by atoms with van der Waals surface area (Å²) in [7, 11) is -4.85. The molecule has 0 saturated carbocycles. The van der Waals surface area contributed by atoms with Crippen LogP contribution in [-0.2, 0) is 14.9 Å². The van der Waals surface area contributed by atoms with E-state index in [1.807, 2.05) is 0 Å². The third-order valence-corrected chi connectivity index (χ3v) is 2.95. The molecule has 0 aromatic heterocycles. The standard InChI is InChI=1S/C10H13NO7S.Na/c1-2-17-5-6-18-9-4-3-8(11(12)13)7-10(9)19(14,15)16;/h3-4,7H,2,5-6H2,1H3,(H,14,15,16);/q;+1/p-1. The number of rotatable bonds is 7. The SMILES string of the molecule is CCOCCOc1ccc([N+](=O)[O-])cc1S(=O)(=O)[O-].[Na+]. The van der Waals surface area contributed by atoms with Crippen molar-refractivity contribution in [3.8, 4) is 5.75 Å². The van der Waals surface area contributed by atoms with Crippen LogP contribution in [0.15, 0.2) is 23.1 Å². The summed E-state index contributed by atoms with van der Waals surface area (Å²) in [6.45, 7) is 2.50. The van der Waals surface area contributed by atoms with Crippen LogP contribution in [0.2, 0.25) is 0 Å². The number of benzene rings is 1. The van der Waals surface area contributed by atoms with Gasteiger partial charge < -0.3 is 14.0 Å². The molecule has 0 atom stereocenters. The fraction of sp³-hybridized carbons (Fsp3) is 0.400. The van der Waals surface area contributed by atoms with Crippen molar-refractivity contribution in [1.82, 2.24) is 0 Å². The normalized spacial score (nSPS) is 10.7. The van der Waals surface area contributed by atoms with Gasteiger partial charge in [-0.25, -0.2) is 8.42 Å². The first-order chi connectivity index (χ1) is 8.86. The zero-order valence-electron chi connectivity index (χ0n) is 11.1. The van der Waals surface area contributed by atoms with Gasteiger partial charge in [0.1, 0.15) is 27.4 Å². The third kappa shape index (κ3) is 5.73. The number of nitro groups is 1. The first-order valence-corrected chi connectivity index (χ1v) is 6.72. The van der Waals surface area contributed by atoms with E-state index in [1.54, 1.807) is 6.92 Å². The number of nitro benzene ring substituents is 1. The molecule has 20 heavy (non-hydrogen) atoms. The Morgan fingerprint density at radius 1 is 1.30 bits per heavy atom. The molecule has 1 aromatic carbocycles. The molecule has 10 heteroatoms. The van der Waals surface area contributed by atoms with Gasteiger partial charge in [0, 0.05) is 18.7 Å². The van der Waals surface area contributed by atoms with Crippen LogP contribution >= 0.6 is 0 Å². The largest absolute Gasteiger partial charge is 1.00 e. The Morgan fingerprint density at radius 3 is 2.45 bits per heavy atom. The Labute approximate surface area is 138 Å². The second-order valence-electron chi connectivity index (χ2n) is 3.39. The molecule has 0 heterocycles. The zero-order chi connectivity index (χ0) is 14.5. The van der Waals surface area contributed by atoms with Crippen LogP contribution in [0, 0.1) is 10.1 Å². The van der Waals surface area contributed by atoms with Crippen molar-refractivity contribution < 1.29 is 56.9 Å². The number of hydrogen-bond donors (Lipinski definition) is 0. The molecular formula is C10H12NNaO7S. The molecule has 0 radical (unpaired) electrons. The van der Waals surface area contributed by atoms with Crippen LogP contribution in [0.25, 0.3) is 0 Å². The quantitative estimate of drug-likeness (QED) is 0.186. The molecule has 0 aliphatic heterocycles. The average Bonchev–Trinajstić information content (AvgIpc) is 2.33. The monoisotopic (exact) mass is 313 g/mol. The van der Waals surface area contributed by atoms with Crippen LogP contribution in [0.1, 0.15) is 6.92 Å². The second kappa shape index (κ2) is 8.55. The summed E-state index contributed by atoms with van der Waals surface area (Å²) in [4.78, 5) is 8.99. The van der Waals surface area contributed by atoms with Crippen LogP contribution in [0.4, 0.5) is 5.69 Å². The van der Waals surface area contributed by atoms with Gasteiger partial charge in [-0.1, -0.05) is 0 Å². The molecular weight excluding hydrogens is 301 g/mol. The van der Waals surface area contributed by atoms with E-state index in [-0.39, 0.29) is 48.5 Å². The van der Waals surface area contributed by atoms with Crippen molar-refractivity contribution >= 4 is 15.8 Å². The van der Waals surface area contributed by atoms with Gasteiger partial charge in [-0.3, -0.25) is 10.1 Å². The smallest absolute Gasteiger partial charge is 0.744 e. The molecule has 0 saturated heterocycles. The first-order valence-electron chi connectivity index (χ1n) is 5.31. The molecule has 0 fully saturated rings. The van der Waals surface area contributed by atoms with Gasteiger partial charge in [0.05, 0.1) is 11.5 Å². The van der Waals surface area contributed by atoms with Crippen LogP contribution in [-0.4, -0.2) is 37.7 Å². The van der Waals surface area contributed by atoms with Gasteiger partial charge in [-0.15, -0.1) is 0 Å². The first kappa shape index (κ1) is 19.3. The molecule has 0 bridgehead atoms. The third-order valence-electron chi connectivity index (χ3n) is 2.10. The fourth-order valence-electron chi connectivity index (χ4n) is 1.28. The Kier molecular flexibility index (Phi) is 8.25. The van der Waals surface area contributed by atoms with Gasteiger partial charge in [-0.05, 0) is 13.0 Å². The van der Waals surface area contributed by atoms with E-state index in [4.69, 9.17) is 9.47 Å².